The molecule has 1 N–H and O–H groups in total. The standard InChI is InChI=1S/C19H26N4O3S/c1-23(13-14-6-4-8-16(10-14)26-2)19-21-12-17(27(3,24)25)18(22-19)15-7-5-9-20-11-15/h4,6,8,10,12,15,20H,5,7,9,11,13H2,1-3H3/t15-/m1/s1. The van der Waals surface area contributed by atoms with Crippen molar-refractivity contribution in [3.05, 3.63) is 41.7 Å². The minimum Gasteiger partial charge on any atom is -0.497 e. The number of sulfone groups is 1. The third-order valence-electron chi connectivity index (χ3n) is 4.75. The van der Waals surface area contributed by atoms with Crippen LogP contribution in [0.2, 0.25) is 0 Å². The van der Waals surface area contributed by atoms with Gasteiger partial charge in [-0.1, -0.05) is 12.1 Å². The SMILES string of the molecule is COc1cccc(CN(C)c2ncc(S(C)(=O)=O)c([C@@H]3CCCNC3)n2)c1. The van der Waals surface area contributed by atoms with Crippen LogP contribution in [-0.4, -0.2) is 51.9 Å². The molecule has 7 nitrogen and oxygen atoms in total. The minimum atomic E-state index is -3.38. The predicted molar refractivity (Wildman–Crippen MR) is 105 cm³/mol. The number of benzene rings is 1. The van der Waals surface area contributed by atoms with Gasteiger partial charge in [-0.2, -0.15) is 0 Å². The summed E-state index contributed by atoms with van der Waals surface area (Å²) in [7, 11) is 0.159. The first-order chi connectivity index (χ1) is 12.9. The number of methoxy groups -OCH3 is 1. The van der Waals surface area contributed by atoms with E-state index in [1.165, 1.54) is 12.5 Å². The summed E-state index contributed by atoms with van der Waals surface area (Å²) in [6.07, 6.45) is 4.59. The lowest BCUT2D eigenvalue weighted by atomic mass is 9.96. The quantitative estimate of drug-likeness (QED) is 0.807. The highest BCUT2D eigenvalue weighted by atomic mass is 32.2. The maximum atomic E-state index is 12.2. The smallest absolute Gasteiger partial charge is 0.225 e. The van der Waals surface area contributed by atoms with Crippen LogP contribution in [-0.2, 0) is 16.4 Å². The van der Waals surface area contributed by atoms with E-state index in [2.05, 4.69) is 15.3 Å². The first-order valence-corrected chi connectivity index (χ1v) is 10.9. The Morgan fingerprint density at radius 3 is 2.85 bits per heavy atom. The van der Waals surface area contributed by atoms with Crippen molar-refractivity contribution < 1.29 is 13.2 Å². The van der Waals surface area contributed by atoms with Gasteiger partial charge < -0.3 is 15.0 Å². The van der Waals surface area contributed by atoms with E-state index in [1.807, 2.05) is 36.2 Å². The molecule has 1 atom stereocenters. The van der Waals surface area contributed by atoms with Gasteiger partial charge in [0.05, 0.1) is 19.0 Å². The Morgan fingerprint density at radius 2 is 2.19 bits per heavy atom. The second-order valence-corrected chi connectivity index (χ2v) is 8.93. The number of rotatable bonds is 6. The number of piperidine rings is 1. The summed E-state index contributed by atoms with van der Waals surface area (Å²) in [6.45, 7) is 2.29. The van der Waals surface area contributed by atoms with E-state index in [0.717, 1.165) is 37.2 Å². The maximum Gasteiger partial charge on any atom is 0.225 e. The molecule has 1 fully saturated rings. The fourth-order valence-electron chi connectivity index (χ4n) is 3.34. The Labute approximate surface area is 160 Å². The summed E-state index contributed by atoms with van der Waals surface area (Å²) in [5.74, 6) is 1.39. The molecular weight excluding hydrogens is 364 g/mol. The van der Waals surface area contributed by atoms with Crippen molar-refractivity contribution >= 4 is 15.8 Å². The van der Waals surface area contributed by atoms with Gasteiger partial charge in [0.2, 0.25) is 5.95 Å². The zero-order valence-electron chi connectivity index (χ0n) is 16.0. The number of hydrogen-bond donors (Lipinski definition) is 1. The largest absolute Gasteiger partial charge is 0.497 e. The number of nitrogens with one attached hydrogen (secondary N) is 1. The number of aromatic nitrogens is 2. The molecule has 3 rings (SSSR count). The highest BCUT2D eigenvalue weighted by molar-refractivity contribution is 7.90. The molecule has 1 aliphatic heterocycles. The number of nitrogens with zero attached hydrogens (tertiary/aromatic N) is 3. The summed E-state index contributed by atoms with van der Waals surface area (Å²) in [5.41, 5.74) is 1.68. The van der Waals surface area contributed by atoms with E-state index in [1.54, 1.807) is 7.11 Å². The van der Waals surface area contributed by atoms with Crippen molar-refractivity contribution in [2.75, 3.05) is 38.4 Å². The average molecular weight is 391 g/mol. The van der Waals surface area contributed by atoms with E-state index in [0.29, 0.717) is 18.2 Å². The molecule has 2 heterocycles. The Bertz CT molecular complexity index is 896. The van der Waals surface area contributed by atoms with Crippen molar-refractivity contribution in [3.8, 4) is 5.75 Å². The molecule has 1 aromatic carbocycles. The van der Waals surface area contributed by atoms with E-state index < -0.39 is 9.84 Å². The third-order valence-corrected chi connectivity index (χ3v) is 5.86. The molecular formula is C19H26N4O3S. The topological polar surface area (TPSA) is 84.4 Å². The van der Waals surface area contributed by atoms with Crippen molar-refractivity contribution in [2.24, 2.45) is 0 Å². The van der Waals surface area contributed by atoms with Gasteiger partial charge in [0.25, 0.3) is 0 Å². The van der Waals surface area contributed by atoms with Crippen LogP contribution in [0.5, 0.6) is 5.75 Å². The fourth-order valence-corrected chi connectivity index (χ4v) is 4.17. The molecule has 0 amide bonds. The second kappa shape index (κ2) is 8.22. The number of hydrogen-bond acceptors (Lipinski definition) is 7. The Balaban J connectivity index is 1.90. The average Bonchev–Trinajstić information content (AvgIpc) is 2.67. The molecule has 0 unspecified atom stereocenters. The molecule has 1 aliphatic rings. The van der Waals surface area contributed by atoms with E-state index in [-0.39, 0.29) is 10.8 Å². The van der Waals surface area contributed by atoms with Crippen molar-refractivity contribution in [1.82, 2.24) is 15.3 Å². The van der Waals surface area contributed by atoms with Gasteiger partial charge in [-0.15, -0.1) is 0 Å². The summed E-state index contributed by atoms with van der Waals surface area (Å²) < 4.78 is 29.7. The lowest BCUT2D eigenvalue weighted by Gasteiger charge is -2.25. The molecule has 146 valence electrons. The van der Waals surface area contributed by atoms with E-state index >= 15 is 0 Å². The molecule has 1 aromatic heterocycles. The zero-order valence-corrected chi connectivity index (χ0v) is 16.8. The lowest BCUT2D eigenvalue weighted by Crippen LogP contribution is -2.30. The first-order valence-electron chi connectivity index (χ1n) is 9.00. The van der Waals surface area contributed by atoms with E-state index in [4.69, 9.17) is 4.74 Å². The fraction of sp³-hybridized carbons (Fsp3) is 0.474. The lowest BCUT2D eigenvalue weighted by molar-refractivity contribution is 0.414. The molecule has 0 saturated carbocycles. The predicted octanol–water partition coefficient (Wildman–Crippen LogP) is 1.99. The van der Waals surface area contributed by atoms with Crippen LogP contribution in [0.15, 0.2) is 35.4 Å². The Hall–Kier alpha value is -2.19. The van der Waals surface area contributed by atoms with Gasteiger partial charge in [-0.3, -0.25) is 0 Å². The van der Waals surface area contributed by atoms with Crippen LogP contribution >= 0.6 is 0 Å². The maximum absolute atomic E-state index is 12.2. The summed E-state index contributed by atoms with van der Waals surface area (Å²) in [4.78, 5) is 11.1. The monoisotopic (exact) mass is 390 g/mol. The number of anilines is 1. The van der Waals surface area contributed by atoms with Crippen LogP contribution in [0, 0.1) is 0 Å². The normalized spacial score (nSPS) is 17.5. The van der Waals surface area contributed by atoms with Crippen molar-refractivity contribution in [2.45, 2.75) is 30.2 Å². The summed E-state index contributed by atoms with van der Waals surface area (Å²) in [5, 5.41) is 3.33. The molecule has 27 heavy (non-hydrogen) atoms. The minimum absolute atomic E-state index is 0.0791. The molecule has 2 aromatic rings. The number of ether oxygens (including phenoxy) is 1. The second-order valence-electron chi connectivity index (χ2n) is 6.94. The molecule has 0 spiro atoms. The van der Waals surface area contributed by atoms with Crippen LogP contribution in [0.1, 0.15) is 30.0 Å². The molecule has 0 aliphatic carbocycles. The van der Waals surface area contributed by atoms with Gasteiger partial charge >= 0.3 is 0 Å². The molecule has 0 radical (unpaired) electrons. The van der Waals surface area contributed by atoms with Gasteiger partial charge in [0, 0.05) is 32.3 Å². The van der Waals surface area contributed by atoms with Crippen molar-refractivity contribution in [1.29, 1.82) is 0 Å². The third kappa shape index (κ3) is 4.75. The molecule has 0 bridgehead atoms. The Kier molecular flexibility index (Phi) is 5.96. The van der Waals surface area contributed by atoms with E-state index in [9.17, 15) is 8.42 Å². The zero-order chi connectivity index (χ0) is 19.4. The van der Waals surface area contributed by atoms with Gasteiger partial charge in [-0.05, 0) is 37.1 Å². The van der Waals surface area contributed by atoms with Gasteiger partial charge in [0.15, 0.2) is 9.84 Å². The van der Waals surface area contributed by atoms with Gasteiger partial charge in [0.1, 0.15) is 10.6 Å². The highest BCUT2D eigenvalue weighted by Gasteiger charge is 2.25. The summed E-state index contributed by atoms with van der Waals surface area (Å²) >= 11 is 0. The van der Waals surface area contributed by atoms with Crippen molar-refractivity contribution in [3.63, 3.8) is 0 Å². The van der Waals surface area contributed by atoms with Crippen LogP contribution in [0.25, 0.3) is 0 Å². The van der Waals surface area contributed by atoms with Gasteiger partial charge in [-0.25, -0.2) is 18.4 Å². The molecule has 8 heteroatoms. The van der Waals surface area contributed by atoms with Crippen LogP contribution in [0.3, 0.4) is 0 Å². The first kappa shape index (κ1) is 19.6. The van der Waals surface area contributed by atoms with Crippen LogP contribution in [0.4, 0.5) is 5.95 Å². The van der Waals surface area contributed by atoms with Crippen LogP contribution < -0.4 is 15.0 Å². The Morgan fingerprint density at radius 1 is 1.37 bits per heavy atom. The molecule has 1 saturated heterocycles. The highest BCUT2D eigenvalue weighted by Crippen LogP contribution is 2.28. The summed E-state index contributed by atoms with van der Waals surface area (Å²) in [6, 6.07) is 7.81.